The number of rotatable bonds is 5. The number of ether oxygens (including phenoxy) is 2. The quantitative estimate of drug-likeness (QED) is 0.866. The van der Waals surface area contributed by atoms with Crippen LogP contribution in [0.1, 0.15) is 17.8 Å². The van der Waals surface area contributed by atoms with Gasteiger partial charge in [-0.1, -0.05) is 0 Å². The third-order valence-electron chi connectivity index (χ3n) is 4.39. The highest BCUT2D eigenvalue weighted by atomic mass is 16.5. The van der Waals surface area contributed by atoms with Crippen LogP contribution < -0.4 is 19.7 Å². The Morgan fingerprint density at radius 1 is 1.15 bits per heavy atom. The topological polar surface area (TPSA) is 93.6 Å². The molecule has 8 nitrogen and oxygen atoms in total. The van der Waals surface area contributed by atoms with Crippen molar-refractivity contribution in [3.8, 4) is 11.5 Å². The van der Waals surface area contributed by atoms with E-state index in [1.54, 1.807) is 30.2 Å². The van der Waals surface area contributed by atoms with E-state index in [2.05, 4.69) is 15.3 Å². The largest absolute Gasteiger partial charge is 0.497 e. The van der Waals surface area contributed by atoms with Crippen LogP contribution in [0.5, 0.6) is 11.5 Å². The fraction of sp³-hybridized carbons (Fsp3) is 0.368. The summed E-state index contributed by atoms with van der Waals surface area (Å²) < 4.78 is 10.6. The van der Waals surface area contributed by atoms with Crippen LogP contribution in [-0.2, 0) is 9.59 Å². The molecule has 0 bridgehead atoms. The molecule has 0 unspecified atom stereocenters. The summed E-state index contributed by atoms with van der Waals surface area (Å²) in [5, 5.41) is 2.71. The number of aromatic nitrogens is 2. The maximum atomic E-state index is 12.6. The average molecular weight is 370 g/mol. The first kappa shape index (κ1) is 18.6. The molecule has 2 heterocycles. The fourth-order valence-electron chi connectivity index (χ4n) is 3.12. The number of nitrogens with zero attached hydrogens (tertiary/aromatic N) is 3. The van der Waals surface area contributed by atoms with Gasteiger partial charge >= 0.3 is 0 Å². The third kappa shape index (κ3) is 3.99. The lowest BCUT2D eigenvalue weighted by Crippen LogP contribution is -2.29. The van der Waals surface area contributed by atoms with Gasteiger partial charge in [-0.25, -0.2) is 9.97 Å². The molecule has 1 atom stereocenters. The lowest BCUT2D eigenvalue weighted by atomic mass is 10.1. The van der Waals surface area contributed by atoms with Crippen molar-refractivity contribution >= 4 is 23.5 Å². The summed E-state index contributed by atoms with van der Waals surface area (Å²) in [5.74, 6) is 0.493. The van der Waals surface area contributed by atoms with Crippen LogP contribution in [0, 0.1) is 19.8 Å². The van der Waals surface area contributed by atoms with E-state index in [4.69, 9.17) is 9.47 Å². The molecular formula is C19H22N4O4. The molecule has 1 aliphatic heterocycles. The van der Waals surface area contributed by atoms with Gasteiger partial charge in [0.05, 0.1) is 25.8 Å². The van der Waals surface area contributed by atoms with Crippen molar-refractivity contribution in [2.75, 3.05) is 31.0 Å². The molecule has 3 rings (SSSR count). The number of hydrogen-bond donors (Lipinski definition) is 1. The number of anilines is 2. The average Bonchev–Trinajstić information content (AvgIpc) is 3.02. The van der Waals surface area contributed by atoms with E-state index in [-0.39, 0.29) is 30.7 Å². The van der Waals surface area contributed by atoms with Crippen molar-refractivity contribution < 1.29 is 19.1 Å². The lowest BCUT2D eigenvalue weighted by molar-refractivity contribution is -0.122. The molecule has 8 heteroatoms. The number of nitrogens with one attached hydrogen (secondary N) is 1. The Kier molecular flexibility index (Phi) is 5.25. The maximum absolute atomic E-state index is 12.6. The van der Waals surface area contributed by atoms with Crippen molar-refractivity contribution in [1.82, 2.24) is 9.97 Å². The molecule has 1 aromatic carbocycles. The monoisotopic (exact) mass is 370 g/mol. The standard InChI is InChI=1S/C19H22N4O4/c1-11-7-12(2)21-19(20-11)22-18(25)13-8-17(24)23(10-13)15-6-5-14(26-3)9-16(15)27-4/h5-7,9,13H,8,10H2,1-4H3,(H,20,21,22,25)/t13-/m0/s1. The highest BCUT2D eigenvalue weighted by Gasteiger charge is 2.36. The van der Waals surface area contributed by atoms with Crippen molar-refractivity contribution in [2.24, 2.45) is 5.92 Å². The smallest absolute Gasteiger partial charge is 0.232 e. The molecule has 1 fully saturated rings. The van der Waals surface area contributed by atoms with Gasteiger partial charge in [0, 0.05) is 30.4 Å². The van der Waals surface area contributed by atoms with Crippen molar-refractivity contribution in [2.45, 2.75) is 20.3 Å². The fourth-order valence-corrected chi connectivity index (χ4v) is 3.12. The molecule has 1 N–H and O–H groups in total. The molecule has 1 aromatic heterocycles. The summed E-state index contributed by atoms with van der Waals surface area (Å²) in [6.07, 6.45) is 0.117. The normalized spacial score (nSPS) is 16.4. The zero-order valence-corrected chi connectivity index (χ0v) is 15.8. The van der Waals surface area contributed by atoms with Gasteiger partial charge in [0.1, 0.15) is 11.5 Å². The van der Waals surface area contributed by atoms with Gasteiger partial charge in [0.25, 0.3) is 0 Å². The molecule has 2 amide bonds. The number of amides is 2. The number of methoxy groups -OCH3 is 2. The molecular weight excluding hydrogens is 348 g/mol. The van der Waals surface area contributed by atoms with Crippen LogP contribution in [0.3, 0.4) is 0 Å². The minimum Gasteiger partial charge on any atom is -0.497 e. The minimum absolute atomic E-state index is 0.117. The van der Waals surface area contributed by atoms with Crippen LogP contribution >= 0.6 is 0 Å². The predicted octanol–water partition coefficient (Wildman–Crippen LogP) is 2.10. The SMILES string of the molecule is COc1ccc(N2C[C@@H](C(=O)Nc3nc(C)cc(C)n3)CC2=O)c(OC)c1. The molecule has 142 valence electrons. The molecule has 27 heavy (non-hydrogen) atoms. The second-order valence-electron chi connectivity index (χ2n) is 6.41. The van der Waals surface area contributed by atoms with Gasteiger partial charge < -0.3 is 14.4 Å². The number of carbonyl (C=O) groups excluding carboxylic acids is 2. The summed E-state index contributed by atoms with van der Waals surface area (Å²) in [7, 11) is 3.09. The molecule has 1 aliphatic rings. The maximum Gasteiger partial charge on any atom is 0.232 e. The Hall–Kier alpha value is -3.16. The second-order valence-corrected chi connectivity index (χ2v) is 6.41. The van der Waals surface area contributed by atoms with E-state index >= 15 is 0 Å². The molecule has 0 aliphatic carbocycles. The first-order valence-corrected chi connectivity index (χ1v) is 8.56. The highest BCUT2D eigenvalue weighted by Crippen LogP contribution is 2.35. The summed E-state index contributed by atoms with van der Waals surface area (Å²) in [4.78, 5) is 35.1. The van der Waals surface area contributed by atoms with Gasteiger partial charge in [0.2, 0.25) is 17.8 Å². The Bertz CT molecular complexity index is 864. The third-order valence-corrected chi connectivity index (χ3v) is 4.39. The molecule has 2 aromatic rings. The first-order valence-electron chi connectivity index (χ1n) is 8.56. The van der Waals surface area contributed by atoms with Crippen molar-refractivity contribution in [3.05, 3.63) is 35.7 Å². The number of hydrogen-bond acceptors (Lipinski definition) is 6. The summed E-state index contributed by atoms with van der Waals surface area (Å²) >= 11 is 0. The van der Waals surface area contributed by atoms with Gasteiger partial charge in [-0.15, -0.1) is 0 Å². The Labute approximate surface area is 157 Å². The Balaban J connectivity index is 1.76. The molecule has 0 radical (unpaired) electrons. The summed E-state index contributed by atoms with van der Waals surface area (Å²) in [5.41, 5.74) is 2.15. The first-order chi connectivity index (χ1) is 12.9. The molecule has 1 saturated heterocycles. The number of aryl methyl sites for hydroxylation is 2. The highest BCUT2D eigenvalue weighted by molar-refractivity contribution is 6.03. The minimum atomic E-state index is -0.492. The van der Waals surface area contributed by atoms with E-state index in [0.717, 1.165) is 11.4 Å². The molecule has 0 saturated carbocycles. The van der Waals surface area contributed by atoms with Gasteiger partial charge in [0.15, 0.2) is 0 Å². The van der Waals surface area contributed by atoms with Crippen LogP contribution in [-0.4, -0.2) is 42.5 Å². The predicted molar refractivity (Wildman–Crippen MR) is 100 cm³/mol. The summed E-state index contributed by atoms with van der Waals surface area (Å²) in [6.45, 7) is 3.93. The van der Waals surface area contributed by atoms with E-state index in [9.17, 15) is 9.59 Å². The second kappa shape index (κ2) is 7.61. The van der Waals surface area contributed by atoms with Crippen LogP contribution in [0.2, 0.25) is 0 Å². The van der Waals surface area contributed by atoms with E-state index in [1.165, 1.54) is 7.11 Å². The van der Waals surface area contributed by atoms with E-state index in [0.29, 0.717) is 17.2 Å². The van der Waals surface area contributed by atoms with Crippen LogP contribution in [0.25, 0.3) is 0 Å². The Morgan fingerprint density at radius 3 is 2.48 bits per heavy atom. The van der Waals surface area contributed by atoms with Gasteiger partial charge in [-0.05, 0) is 32.0 Å². The van der Waals surface area contributed by atoms with E-state index < -0.39 is 5.92 Å². The lowest BCUT2D eigenvalue weighted by Gasteiger charge is -2.20. The number of benzene rings is 1. The zero-order valence-electron chi connectivity index (χ0n) is 15.8. The van der Waals surface area contributed by atoms with E-state index in [1.807, 2.05) is 19.9 Å². The van der Waals surface area contributed by atoms with Crippen molar-refractivity contribution in [3.63, 3.8) is 0 Å². The van der Waals surface area contributed by atoms with Gasteiger partial charge in [-0.3, -0.25) is 14.9 Å². The Morgan fingerprint density at radius 2 is 1.85 bits per heavy atom. The summed E-state index contributed by atoms with van der Waals surface area (Å²) in [6, 6.07) is 7.04. The number of carbonyl (C=O) groups is 2. The van der Waals surface area contributed by atoms with Crippen LogP contribution in [0.15, 0.2) is 24.3 Å². The van der Waals surface area contributed by atoms with Gasteiger partial charge in [-0.2, -0.15) is 0 Å². The zero-order chi connectivity index (χ0) is 19.6. The van der Waals surface area contributed by atoms with Crippen LogP contribution in [0.4, 0.5) is 11.6 Å². The van der Waals surface area contributed by atoms with Crippen molar-refractivity contribution in [1.29, 1.82) is 0 Å². The molecule has 0 spiro atoms.